The number of rotatable bonds is 2. The van der Waals surface area contributed by atoms with Gasteiger partial charge in [0.2, 0.25) is 5.91 Å². The van der Waals surface area contributed by atoms with Gasteiger partial charge in [-0.15, -0.1) is 0 Å². The molecule has 0 aliphatic carbocycles. The molecule has 0 radical (unpaired) electrons. The SMILES string of the molecule is CC(N)N[C@]1(N)N=C(N)C(N)=CN1. The number of nitrogens with one attached hydrogen (secondary N) is 2. The highest BCUT2D eigenvalue weighted by Gasteiger charge is 2.26. The van der Waals surface area contributed by atoms with Crippen LogP contribution in [0.1, 0.15) is 6.92 Å². The zero-order chi connectivity index (χ0) is 10.1. The summed E-state index contributed by atoms with van der Waals surface area (Å²) in [5.41, 5.74) is 22.5. The second-order valence-electron chi connectivity index (χ2n) is 2.94. The van der Waals surface area contributed by atoms with Gasteiger partial charge in [0.1, 0.15) is 5.84 Å². The van der Waals surface area contributed by atoms with Crippen molar-refractivity contribution in [2.45, 2.75) is 19.0 Å². The van der Waals surface area contributed by atoms with Crippen LogP contribution in [0.4, 0.5) is 0 Å². The summed E-state index contributed by atoms with van der Waals surface area (Å²) in [7, 11) is 0. The molecule has 1 aliphatic rings. The van der Waals surface area contributed by atoms with Crippen molar-refractivity contribution < 1.29 is 0 Å². The fourth-order valence-electron chi connectivity index (χ4n) is 0.970. The van der Waals surface area contributed by atoms with E-state index in [0.717, 1.165) is 0 Å². The van der Waals surface area contributed by atoms with E-state index in [0.29, 0.717) is 5.70 Å². The lowest BCUT2D eigenvalue weighted by atomic mass is 10.3. The van der Waals surface area contributed by atoms with Crippen LogP contribution in [0.15, 0.2) is 16.9 Å². The molecule has 0 saturated heterocycles. The lowest BCUT2D eigenvalue weighted by molar-refractivity contribution is 0.277. The first-order chi connectivity index (χ1) is 5.93. The van der Waals surface area contributed by atoms with Crippen molar-refractivity contribution in [3.05, 3.63) is 11.9 Å². The maximum atomic E-state index is 5.74. The minimum Gasteiger partial charge on any atom is -0.395 e. The zero-order valence-corrected chi connectivity index (χ0v) is 7.41. The van der Waals surface area contributed by atoms with E-state index in [2.05, 4.69) is 15.6 Å². The van der Waals surface area contributed by atoms with Gasteiger partial charge in [-0.2, -0.15) is 0 Å². The first-order valence-electron chi connectivity index (χ1n) is 3.84. The number of nitrogens with two attached hydrogens (primary N) is 4. The molecular weight excluding hydrogens is 170 g/mol. The van der Waals surface area contributed by atoms with E-state index in [1.807, 2.05) is 0 Å². The van der Waals surface area contributed by atoms with Crippen LogP contribution >= 0.6 is 0 Å². The van der Waals surface area contributed by atoms with Crippen molar-refractivity contribution in [3.8, 4) is 0 Å². The van der Waals surface area contributed by atoms with Gasteiger partial charge in [0, 0.05) is 6.20 Å². The minimum atomic E-state index is -1.17. The summed E-state index contributed by atoms with van der Waals surface area (Å²) in [5.74, 6) is -0.976. The summed E-state index contributed by atoms with van der Waals surface area (Å²) in [6, 6.07) is 0. The lowest BCUT2D eigenvalue weighted by Crippen LogP contribution is -2.67. The molecule has 0 aromatic heterocycles. The summed E-state index contributed by atoms with van der Waals surface area (Å²) < 4.78 is 0. The quantitative estimate of drug-likeness (QED) is 0.257. The fraction of sp³-hybridized carbons (Fsp3) is 0.500. The topological polar surface area (TPSA) is 140 Å². The lowest BCUT2D eigenvalue weighted by Gasteiger charge is -2.31. The maximum Gasteiger partial charge on any atom is 0.244 e. The van der Waals surface area contributed by atoms with Gasteiger partial charge >= 0.3 is 0 Å². The molecule has 0 fully saturated rings. The molecule has 7 heteroatoms. The summed E-state index contributed by atoms with van der Waals surface area (Å²) in [6.45, 7) is 1.74. The average molecular weight is 185 g/mol. The van der Waals surface area contributed by atoms with Crippen molar-refractivity contribution in [1.29, 1.82) is 0 Å². The molecule has 0 spiro atoms. The molecule has 1 rings (SSSR count). The Hall–Kier alpha value is -1.31. The van der Waals surface area contributed by atoms with Crippen LogP contribution in [0.3, 0.4) is 0 Å². The van der Waals surface area contributed by atoms with E-state index in [9.17, 15) is 0 Å². The summed E-state index contributed by atoms with van der Waals surface area (Å²) in [6.07, 6.45) is 1.18. The van der Waals surface area contributed by atoms with Gasteiger partial charge in [-0.05, 0) is 6.92 Å². The number of amidine groups is 1. The number of hydrogen-bond donors (Lipinski definition) is 6. The van der Waals surface area contributed by atoms with Crippen molar-refractivity contribution >= 4 is 5.84 Å². The Kier molecular flexibility index (Phi) is 2.41. The third kappa shape index (κ3) is 2.31. The highest BCUT2D eigenvalue weighted by molar-refractivity contribution is 5.96. The smallest absolute Gasteiger partial charge is 0.244 e. The summed E-state index contributed by atoms with van der Waals surface area (Å²) >= 11 is 0. The average Bonchev–Trinajstić information content (AvgIpc) is 1.96. The Morgan fingerprint density at radius 2 is 2.23 bits per heavy atom. The van der Waals surface area contributed by atoms with Gasteiger partial charge < -0.3 is 22.5 Å². The molecule has 0 aromatic rings. The first kappa shape index (κ1) is 9.78. The van der Waals surface area contributed by atoms with Crippen LogP contribution in [0.25, 0.3) is 0 Å². The van der Waals surface area contributed by atoms with Crippen molar-refractivity contribution in [2.75, 3.05) is 0 Å². The number of aliphatic imine (C=N–C) groups is 1. The van der Waals surface area contributed by atoms with E-state index >= 15 is 0 Å². The molecular formula is C6H15N7. The standard InChI is InChI=1S/C6H15N7/c1-3(7)12-6(10)11-2-4(8)5(9)13-6/h2-3,11-12H,7-8,10H2,1H3,(H2,9,13)/t3?,6-/m1/s1. The van der Waals surface area contributed by atoms with Crippen molar-refractivity contribution in [3.63, 3.8) is 0 Å². The Morgan fingerprint density at radius 3 is 2.69 bits per heavy atom. The van der Waals surface area contributed by atoms with Gasteiger partial charge in [0.15, 0.2) is 0 Å². The Labute approximate surface area is 76.2 Å². The van der Waals surface area contributed by atoms with Gasteiger partial charge in [-0.1, -0.05) is 0 Å². The van der Waals surface area contributed by atoms with Crippen LogP contribution in [0.2, 0.25) is 0 Å². The monoisotopic (exact) mass is 185 g/mol. The normalized spacial score (nSPS) is 30.1. The highest BCUT2D eigenvalue weighted by Crippen LogP contribution is 2.01. The van der Waals surface area contributed by atoms with Crippen LogP contribution < -0.4 is 33.6 Å². The predicted octanol–water partition coefficient (Wildman–Crippen LogP) is -2.79. The molecule has 1 aliphatic heterocycles. The number of hydrogen-bond acceptors (Lipinski definition) is 7. The Bertz CT molecular complexity index is 256. The second kappa shape index (κ2) is 3.21. The molecule has 0 bridgehead atoms. The Morgan fingerprint density at radius 1 is 1.62 bits per heavy atom. The molecule has 0 amide bonds. The fourth-order valence-corrected chi connectivity index (χ4v) is 0.970. The molecule has 0 saturated carbocycles. The van der Waals surface area contributed by atoms with E-state index in [1.165, 1.54) is 6.20 Å². The third-order valence-electron chi connectivity index (χ3n) is 1.49. The van der Waals surface area contributed by atoms with Crippen LogP contribution in [0, 0.1) is 0 Å². The maximum absolute atomic E-state index is 5.74. The molecule has 2 atom stereocenters. The molecule has 1 heterocycles. The van der Waals surface area contributed by atoms with Crippen molar-refractivity contribution in [2.24, 2.45) is 27.9 Å². The zero-order valence-electron chi connectivity index (χ0n) is 7.41. The molecule has 1 unspecified atom stereocenters. The largest absolute Gasteiger partial charge is 0.395 e. The third-order valence-corrected chi connectivity index (χ3v) is 1.49. The van der Waals surface area contributed by atoms with Gasteiger partial charge in [0.05, 0.1) is 11.9 Å². The van der Waals surface area contributed by atoms with E-state index in [1.54, 1.807) is 6.92 Å². The Balaban J connectivity index is 2.75. The van der Waals surface area contributed by atoms with Crippen LogP contribution in [-0.4, -0.2) is 17.9 Å². The molecule has 7 nitrogen and oxygen atoms in total. The van der Waals surface area contributed by atoms with Gasteiger partial charge in [0.25, 0.3) is 0 Å². The van der Waals surface area contributed by atoms with Crippen LogP contribution in [0.5, 0.6) is 0 Å². The molecule has 0 aromatic carbocycles. The van der Waals surface area contributed by atoms with E-state index < -0.39 is 5.91 Å². The summed E-state index contributed by atoms with van der Waals surface area (Å²) in [5, 5.41) is 5.52. The first-order valence-corrected chi connectivity index (χ1v) is 3.84. The molecule has 13 heavy (non-hydrogen) atoms. The second-order valence-corrected chi connectivity index (χ2v) is 2.94. The molecule has 10 N–H and O–H groups in total. The minimum absolute atomic E-state index is 0.189. The highest BCUT2D eigenvalue weighted by atomic mass is 15.4. The van der Waals surface area contributed by atoms with Crippen LogP contribution in [-0.2, 0) is 0 Å². The van der Waals surface area contributed by atoms with E-state index in [-0.39, 0.29) is 12.0 Å². The summed E-state index contributed by atoms with van der Waals surface area (Å²) in [4.78, 5) is 3.91. The van der Waals surface area contributed by atoms with Crippen molar-refractivity contribution in [1.82, 2.24) is 10.6 Å². The predicted molar refractivity (Wildman–Crippen MR) is 50.7 cm³/mol. The molecule has 74 valence electrons. The van der Waals surface area contributed by atoms with Gasteiger partial charge in [-0.3, -0.25) is 5.73 Å². The number of nitrogens with zero attached hydrogens (tertiary/aromatic N) is 1. The van der Waals surface area contributed by atoms with E-state index in [4.69, 9.17) is 22.9 Å². The van der Waals surface area contributed by atoms with Gasteiger partial charge in [-0.25, -0.2) is 10.3 Å².